The molecular formula is C34H49NO10. The molecule has 250 valence electrons. The quantitative estimate of drug-likeness (QED) is 0.108. The number of amides is 1. The van der Waals surface area contributed by atoms with Gasteiger partial charge in [0.1, 0.15) is 13.2 Å². The summed E-state index contributed by atoms with van der Waals surface area (Å²) in [5.74, 6) is 0.0542. The minimum Gasteiger partial charge on any atom is -0.499 e. The molecule has 0 fully saturated rings. The van der Waals surface area contributed by atoms with Crippen molar-refractivity contribution in [2.45, 2.75) is 12.3 Å². The number of nitrogens with one attached hydrogen (secondary N) is 1. The van der Waals surface area contributed by atoms with Crippen molar-refractivity contribution in [3.05, 3.63) is 72.5 Å². The SMILES string of the molecule is C=COCCOCCOCCOCCOCCOCCOCCOCCCNC(=O)OCC1c2ccccc2-c2ccccc21. The van der Waals surface area contributed by atoms with Crippen LogP contribution in [0.5, 0.6) is 0 Å². The molecule has 0 heterocycles. The predicted octanol–water partition coefficient (Wildman–Crippen LogP) is 4.19. The summed E-state index contributed by atoms with van der Waals surface area (Å²) in [6.45, 7) is 11.8. The summed E-state index contributed by atoms with van der Waals surface area (Å²) in [5, 5.41) is 2.80. The molecular weight excluding hydrogens is 582 g/mol. The molecule has 1 N–H and O–H groups in total. The highest BCUT2D eigenvalue weighted by Gasteiger charge is 2.28. The number of benzene rings is 2. The lowest BCUT2D eigenvalue weighted by Gasteiger charge is -2.14. The van der Waals surface area contributed by atoms with Gasteiger partial charge in [0.15, 0.2) is 0 Å². The van der Waals surface area contributed by atoms with E-state index in [1.807, 2.05) is 24.3 Å². The van der Waals surface area contributed by atoms with E-state index in [9.17, 15) is 4.79 Å². The zero-order valence-electron chi connectivity index (χ0n) is 26.3. The van der Waals surface area contributed by atoms with Crippen molar-refractivity contribution in [2.75, 3.05) is 112 Å². The Balaban J connectivity index is 1.01. The van der Waals surface area contributed by atoms with E-state index in [1.165, 1.54) is 28.5 Å². The summed E-state index contributed by atoms with van der Waals surface area (Å²) in [6.07, 6.45) is 1.67. The maximum Gasteiger partial charge on any atom is 0.407 e. The van der Waals surface area contributed by atoms with Crippen molar-refractivity contribution < 1.29 is 47.4 Å². The molecule has 2 aromatic rings. The molecule has 11 heteroatoms. The highest BCUT2D eigenvalue weighted by Crippen LogP contribution is 2.44. The Morgan fingerprint density at radius 1 is 0.600 bits per heavy atom. The molecule has 0 bridgehead atoms. The number of rotatable bonds is 28. The summed E-state index contributed by atoms with van der Waals surface area (Å²) >= 11 is 0. The standard InChI is InChI=1S/C34H49NO10/c1-2-37-14-15-39-18-19-41-22-23-43-26-27-44-25-24-42-21-20-40-17-16-38-13-7-12-35-34(36)45-28-33-31-10-5-3-8-29(31)30-9-4-6-11-32(30)33/h2-6,8-11,33H,1,7,12-28H2,(H,35,36). The lowest BCUT2D eigenvalue weighted by molar-refractivity contribution is -0.0216. The Kier molecular flexibility index (Phi) is 19.6. The number of alkyl carbamates (subject to hydrolysis) is 1. The van der Waals surface area contributed by atoms with Crippen LogP contribution in [0.25, 0.3) is 11.1 Å². The molecule has 0 aliphatic heterocycles. The first-order valence-corrected chi connectivity index (χ1v) is 15.7. The lowest BCUT2D eigenvalue weighted by atomic mass is 9.98. The van der Waals surface area contributed by atoms with Gasteiger partial charge < -0.3 is 47.9 Å². The number of hydrogen-bond donors (Lipinski definition) is 1. The van der Waals surface area contributed by atoms with Crippen molar-refractivity contribution in [3.8, 4) is 11.1 Å². The molecule has 1 aliphatic carbocycles. The van der Waals surface area contributed by atoms with Gasteiger partial charge in [0, 0.05) is 19.1 Å². The van der Waals surface area contributed by atoms with E-state index < -0.39 is 6.09 Å². The van der Waals surface area contributed by atoms with Gasteiger partial charge in [-0.05, 0) is 28.7 Å². The topological polar surface area (TPSA) is 112 Å². The fourth-order valence-corrected chi connectivity index (χ4v) is 4.63. The highest BCUT2D eigenvalue weighted by molar-refractivity contribution is 5.79. The van der Waals surface area contributed by atoms with Crippen LogP contribution in [0.4, 0.5) is 4.79 Å². The summed E-state index contributed by atoms with van der Waals surface area (Å²) in [7, 11) is 0. The minimum absolute atomic E-state index is 0.0542. The third-order valence-electron chi connectivity index (χ3n) is 6.77. The first-order chi connectivity index (χ1) is 22.3. The van der Waals surface area contributed by atoms with Crippen LogP contribution >= 0.6 is 0 Å². The van der Waals surface area contributed by atoms with E-state index in [1.54, 1.807) is 0 Å². The maximum absolute atomic E-state index is 12.2. The average Bonchev–Trinajstić information content (AvgIpc) is 3.39. The molecule has 11 nitrogen and oxygen atoms in total. The fraction of sp³-hybridized carbons (Fsp3) is 0.559. The van der Waals surface area contributed by atoms with Crippen LogP contribution in [0.15, 0.2) is 61.4 Å². The number of carbonyl (C=O) groups excluding carboxylic acids is 1. The third kappa shape index (κ3) is 15.2. The van der Waals surface area contributed by atoms with Gasteiger partial charge in [-0.15, -0.1) is 0 Å². The summed E-state index contributed by atoms with van der Waals surface area (Å²) < 4.78 is 48.7. The zero-order valence-corrected chi connectivity index (χ0v) is 26.3. The molecule has 1 aliphatic rings. The van der Waals surface area contributed by atoms with E-state index in [0.29, 0.717) is 119 Å². The molecule has 0 aromatic heterocycles. The van der Waals surface area contributed by atoms with Gasteiger partial charge in [0.25, 0.3) is 0 Å². The normalized spacial score (nSPS) is 12.1. The summed E-state index contributed by atoms with van der Waals surface area (Å²) in [5.41, 5.74) is 4.82. The molecule has 0 spiro atoms. The van der Waals surface area contributed by atoms with Gasteiger partial charge in [0.2, 0.25) is 0 Å². The van der Waals surface area contributed by atoms with Gasteiger partial charge in [-0.25, -0.2) is 4.79 Å². The van der Waals surface area contributed by atoms with Gasteiger partial charge in [-0.2, -0.15) is 0 Å². The first-order valence-electron chi connectivity index (χ1n) is 15.7. The lowest BCUT2D eigenvalue weighted by Crippen LogP contribution is -2.27. The molecule has 3 rings (SSSR count). The van der Waals surface area contributed by atoms with Crippen molar-refractivity contribution in [1.29, 1.82) is 0 Å². The Morgan fingerprint density at radius 3 is 1.44 bits per heavy atom. The van der Waals surface area contributed by atoms with Crippen molar-refractivity contribution >= 4 is 6.09 Å². The van der Waals surface area contributed by atoms with Crippen LogP contribution in [0.3, 0.4) is 0 Å². The van der Waals surface area contributed by atoms with Crippen molar-refractivity contribution in [2.24, 2.45) is 0 Å². The van der Waals surface area contributed by atoms with Crippen LogP contribution in [0.2, 0.25) is 0 Å². The largest absolute Gasteiger partial charge is 0.499 e. The Hall–Kier alpha value is -3.03. The van der Waals surface area contributed by atoms with Gasteiger partial charge in [-0.1, -0.05) is 55.1 Å². The van der Waals surface area contributed by atoms with Crippen LogP contribution in [0, 0.1) is 0 Å². The Bertz CT molecular complexity index is 1020. The summed E-state index contributed by atoms with van der Waals surface area (Å²) in [6, 6.07) is 16.6. The molecule has 1 amide bonds. The number of hydrogen-bond acceptors (Lipinski definition) is 10. The van der Waals surface area contributed by atoms with Gasteiger partial charge >= 0.3 is 6.09 Å². The van der Waals surface area contributed by atoms with E-state index in [0.717, 1.165) is 0 Å². The van der Waals surface area contributed by atoms with Gasteiger partial charge in [-0.3, -0.25) is 0 Å². The van der Waals surface area contributed by atoms with Crippen LogP contribution in [-0.2, 0) is 42.6 Å². The van der Waals surface area contributed by atoms with Crippen LogP contribution in [-0.4, -0.2) is 118 Å². The molecule has 0 saturated heterocycles. The molecule has 0 saturated carbocycles. The molecule has 0 atom stereocenters. The number of carbonyl (C=O) groups is 1. The highest BCUT2D eigenvalue weighted by atomic mass is 16.6. The second-order valence-corrected chi connectivity index (χ2v) is 9.93. The second-order valence-electron chi connectivity index (χ2n) is 9.93. The molecule has 45 heavy (non-hydrogen) atoms. The number of fused-ring (bicyclic) bond motifs is 3. The molecule has 2 aromatic carbocycles. The van der Waals surface area contributed by atoms with E-state index in [-0.39, 0.29) is 5.92 Å². The van der Waals surface area contributed by atoms with Crippen LogP contribution in [0.1, 0.15) is 23.5 Å². The average molecular weight is 632 g/mol. The minimum atomic E-state index is -0.412. The monoisotopic (exact) mass is 631 g/mol. The third-order valence-corrected chi connectivity index (χ3v) is 6.77. The van der Waals surface area contributed by atoms with Crippen LogP contribution < -0.4 is 5.32 Å². The van der Waals surface area contributed by atoms with E-state index in [4.69, 9.17) is 42.6 Å². The fourth-order valence-electron chi connectivity index (χ4n) is 4.63. The van der Waals surface area contributed by atoms with Gasteiger partial charge in [0.05, 0.1) is 92.2 Å². The number of ether oxygens (including phenoxy) is 9. The Labute approximate surface area is 267 Å². The first kappa shape index (κ1) is 36.4. The Morgan fingerprint density at radius 2 is 1.00 bits per heavy atom. The summed E-state index contributed by atoms with van der Waals surface area (Å²) in [4.78, 5) is 12.2. The molecule has 0 unspecified atom stereocenters. The predicted molar refractivity (Wildman–Crippen MR) is 170 cm³/mol. The maximum atomic E-state index is 12.2. The molecule has 0 radical (unpaired) electrons. The van der Waals surface area contributed by atoms with Crippen molar-refractivity contribution in [3.63, 3.8) is 0 Å². The zero-order chi connectivity index (χ0) is 31.6. The van der Waals surface area contributed by atoms with E-state index >= 15 is 0 Å². The smallest absolute Gasteiger partial charge is 0.407 e. The van der Waals surface area contributed by atoms with E-state index in [2.05, 4.69) is 36.2 Å². The van der Waals surface area contributed by atoms with Crippen molar-refractivity contribution in [1.82, 2.24) is 5.32 Å². The second kappa shape index (κ2) is 24.2.